The molecule has 1 aliphatic carbocycles. The van der Waals surface area contributed by atoms with E-state index in [0.717, 1.165) is 25.7 Å². The maximum atomic E-state index is 13.1. The first-order valence-corrected chi connectivity index (χ1v) is 10.6. The Balaban J connectivity index is 1.69. The van der Waals surface area contributed by atoms with Crippen molar-refractivity contribution in [2.24, 2.45) is 0 Å². The van der Waals surface area contributed by atoms with Gasteiger partial charge in [-0.3, -0.25) is 9.69 Å². The SMILES string of the molecule is CCOc1ccc(C(=O)OC(C)C(=O)N(c2nccs2)C2CCCCC2)cc1. The number of hydrogen-bond acceptors (Lipinski definition) is 6. The summed E-state index contributed by atoms with van der Waals surface area (Å²) in [4.78, 5) is 31.7. The van der Waals surface area contributed by atoms with Gasteiger partial charge in [-0.2, -0.15) is 0 Å². The molecule has 0 N–H and O–H groups in total. The number of rotatable bonds is 7. The zero-order valence-corrected chi connectivity index (χ0v) is 17.1. The van der Waals surface area contributed by atoms with Crippen LogP contribution in [0.1, 0.15) is 56.3 Å². The van der Waals surface area contributed by atoms with Gasteiger partial charge in [-0.05, 0) is 51.0 Å². The number of thiazole rings is 1. The van der Waals surface area contributed by atoms with E-state index in [0.29, 0.717) is 23.1 Å². The van der Waals surface area contributed by atoms with Crippen LogP contribution in [-0.2, 0) is 9.53 Å². The van der Waals surface area contributed by atoms with E-state index in [9.17, 15) is 9.59 Å². The van der Waals surface area contributed by atoms with Gasteiger partial charge in [0.05, 0.1) is 12.2 Å². The van der Waals surface area contributed by atoms with Crippen molar-refractivity contribution >= 4 is 28.3 Å². The van der Waals surface area contributed by atoms with Crippen molar-refractivity contribution in [1.29, 1.82) is 0 Å². The zero-order chi connectivity index (χ0) is 19.9. The van der Waals surface area contributed by atoms with E-state index in [4.69, 9.17) is 9.47 Å². The molecule has 150 valence electrons. The summed E-state index contributed by atoms with van der Waals surface area (Å²) in [5.41, 5.74) is 0.390. The molecule has 28 heavy (non-hydrogen) atoms. The number of esters is 1. The fourth-order valence-corrected chi connectivity index (χ4v) is 4.15. The maximum Gasteiger partial charge on any atom is 0.338 e. The van der Waals surface area contributed by atoms with Crippen LogP contribution >= 0.6 is 11.3 Å². The third-order valence-electron chi connectivity index (χ3n) is 4.84. The molecule has 0 bridgehead atoms. The molecule has 6 nitrogen and oxygen atoms in total. The summed E-state index contributed by atoms with van der Waals surface area (Å²) in [6.07, 6.45) is 6.10. The number of benzene rings is 1. The van der Waals surface area contributed by atoms with Crippen molar-refractivity contribution in [1.82, 2.24) is 4.98 Å². The first-order chi connectivity index (χ1) is 13.6. The molecule has 1 atom stereocenters. The van der Waals surface area contributed by atoms with Crippen LogP contribution < -0.4 is 9.64 Å². The van der Waals surface area contributed by atoms with E-state index >= 15 is 0 Å². The van der Waals surface area contributed by atoms with E-state index in [2.05, 4.69) is 4.98 Å². The van der Waals surface area contributed by atoms with Gasteiger partial charge in [0.2, 0.25) is 0 Å². The number of carbonyl (C=O) groups excluding carboxylic acids is 2. The minimum absolute atomic E-state index is 0.110. The fraction of sp³-hybridized carbons (Fsp3) is 0.476. The predicted molar refractivity (Wildman–Crippen MR) is 109 cm³/mol. The Labute approximate surface area is 169 Å². The highest BCUT2D eigenvalue weighted by atomic mass is 32.1. The first-order valence-electron chi connectivity index (χ1n) is 9.76. The van der Waals surface area contributed by atoms with Crippen molar-refractivity contribution in [2.75, 3.05) is 11.5 Å². The van der Waals surface area contributed by atoms with Gasteiger partial charge in [-0.15, -0.1) is 11.3 Å². The normalized spacial score (nSPS) is 15.6. The summed E-state index contributed by atoms with van der Waals surface area (Å²) in [6, 6.07) is 6.83. The molecule has 1 aromatic carbocycles. The van der Waals surface area contributed by atoms with Crippen molar-refractivity contribution in [3.63, 3.8) is 0 Å². The van der Waals surface area contributed by atoms with Crippen LogP contribution in [0.25, 0.3) is 0 Å². The zero-order valence-electron chi connectivity index (χ0n) is 16.3. The lowest BCUT2D eigenvalue weighted by molar-refractivity contribution is -0.127. The van der Waals surface area contributed by atoms with Gasteiger partial charge in [0.25, 0.3) is 5.91 Å². The average molecular weight is 403 g/mol. The molecule has 1 unspecified atom stereocenters. The van der Waals surface area contributed by atoms with Crippen LogP contribution in [0, 0.1) is 0 Å². The largest absolute Gasteiger partial charge is 0.494 e. The quantitative estimate of drug-likeness (QED) is 0.640. The van der Waals surface area contributed by atoms with E-state index in [1.54, 1.807) is 42.3 Å². The molecular weight excluding hydrogens is 376 g/mol. The molecule has 1 amide bonds. The van der Waals surface area contributed by atoms with E-state index < -0.39 is 12.1 Å². The van der Waals surface area contributed by atoms with Crippen LogP contribution in [0.2, 0.25) is 0 Å². The minimum Gasteiger partial charge on any atom is -0.494 e. The lowest BCUT2D eigenvalue weighted by Crippen LogP contribution is -2.47. The molecule has 1 aromatic heterocycles. The summed E-state index contributed by atoms with van der Waals surface area (Å²) in [7, 11) is 0. The molecule has 3 rings (SSSR count). The van der Waals surface area contributed by atoms with Gasteiger partial charge in [-0.1, -0.05) is 19.3 Å². The number of carbonyl (C=O) groups is 2. The van der Waals surface area contributed by atoms with Crippen LogP contribution in [-0.4, -0.2) is 35.6 Å². The Morgan fingerprint density at radius 2 is 1.93 bits per heavy atom. The van der Waals surface area contributed by atoms with Gasteiger partial charge in [0.15, 0.2) is 11.2 Å². The summed E-state index contributed by atoms with van der Waals surface area (Å²) < 4.78 is 10.9. The van der Waals surface area contributed by atoms with Gasteiger partial charge >= 0.3 is 5.97 Å². The van der Waals surface area contributed by atoms with Gasteiger partial charge in [0, 0.05) is 17.6 Å². The van der Waals surface area contributed by atoms with Crippen LogP contribution in [0.15, 0.2) is 35.8 Å². The second kappa shape index (κ2) is 9.68. The van der Waals surface area contributed by atoms with E-state index in [1.807, 2.05) is 12.3 Å². The Hall–Kier alpha value is -2.41. The molecule has 1 fully saturated rings. The number of anilines is 1. The van der Waals surface area contributed by atoms with Gasteiger partial charge in [-0.25, -0.2) is 9.78 Å². The molecular formula is C21H26N2O4S. The lowest BCUT2D eigenvalue weighted by atomic mass is 9.94. The maximum absolute atomic E-state index is 13.1. The third-order valence-corrected chi connectivity index (χ3v) is 5.61. The molecule has 0 saturated heterocycles. The molecule has 1 saturated carbocycles. The van der Waals surface area contributed by atoms with Crippen molar-refractivity contribution < 1.29 is 19.1 Å². The van der Waals surface area contributed by atoms with Gasteiger partial charge < -0.3 is 9.47 Å². The predicted octanol–water partition coefficient (Wildman–Crippen LogP) is 4.45. The summed E-state index contributed by atoms with van der Waals surface area (Å²) >= 11 is 1.43. The van der Waals surface area contributed by atoms with Crippen LogP contribution in [0.5, 0.6) is 5.75 Å². The van der Waals surface area contributed by atoms with Crippen molar-refractivity contribution in [3.8, 4) is 5.75 Å². The number of aromatic nitrogens is 1. The Morgan fingerprint density at radius 3 is 2.54 bits per heavy atom. The Bertz CT molecular complexity index is 770. The number of amides is 1. The topological polar surface area (TPSA) is 68.7 Å². The molecule has 7 heteroatoms. The van der Waals surface area contributed by atoms with Gasteiger partial charge in [0.1, 0.15) is 5.75 Å². The highest BCUT2D eigenvalue weighted by Crippen LogP contribution is 2.29. The molecule has 1 heterocycles. The molecule has 0 radical (unpaired) electrons. The van der Waals surface area contributed by atoms with Crippen molar-refractivity contribution in [3.05, 3.63) is 41.4 Å². The molecule has 1 aliphatic rings. The number of ether oxygens (including phenoxy) is 2. The van der Waals surface area contributed by atoms with Crippen molar-refractivity contribution in [2.45, 2.75) is 58.1 Å². The smallest absolute Gasteiger partial charge is 0.338 e. The fourth-order valence-electron chi connectivity index (χ4n) is 3.43. The minimum atomic E-state index is -0.884. The highest BCUT2D eigenvalue weighted by molar-refractivity contribution is 7.13. The molecule has 2 aromatic rings. The van der Waals surface area contributed by atoms with E-state index in [1.165, 1.54) is 17.8 Å². The number of hydrogen-bond donors (Lipinski definition) is 0. The Morgan fingerprint density at radius 1 is 1.21 bits per heavy atom. The monoisotopic (exact) mass is 402 g/mol. The highest BCUT2D eigenvalue weighted by Gasteiger charge is 2.33. The first kappa shape index (κ1) is 20.3. The third kappa shape index (κ3) is 4.90. The summed E-state index contributed by atoms with van der Waals surface area (Å²) in [5, 5.41) is 2.52. The second-order valence-electron chi connectivity index (χ2n) is 6.82. The molecule has 0 spiro atoms. The lowest BCUT2D eigenvalue weighted by Gasteiger charge is -2.33. The van der Waals surface area contributed by atoms with E-state index in [-0.39, 0.29) is 11.9 Å². The summed E-state index contributed by atoms with van der Waals surface area (Å²) in [6.45, 7) is 4.08. The van der Waals surface area contributed by atoms with Crippen LogP contribution in [0.3, 0.4) is 0 Å². The molecule has 0 aliphatic heterocycles. The Kier molecular flexibility index (Phi) is 7.03. The average Bonchev–Trinajstić information content (AvgIpc) is 3.24. The second-order valence-corrected chi connectivity index (χ2v) is 7.69. The standard InChI is InChI=1S/C21H26N2O4S/c1-3-26-18-11-9-16(10-12-18)20(25)27-15(2)19(24)23(21-22-13-14-28-21)17-7-5-4-6-8-17/h9-15,17H,3-8H2,1-2H3. The number of nitrogens with zero attached hydrogens (tertiary/aromatic N) is 2. The van der Waals surface area contributed by atoms with Crippen LogP contribution in [0.4, 0.5) is 5.13 Å². The summed E-state index contributed by atoms with van der Waals surface area (Å²) in [5.74, 6) is -0.0526.